The molecule has 0 saturated carbocycles. The third-order valence-corrected chi connectivity index (χ3v) is 6.57. The lowest BCUT2D eigenvalue weighted by atomic mass is 10.0. The second kappa shape index (κ2) is 8.96. The molecular formula is C26H27F2N3O4. The molecule has 3 heterocycles. The molecular weight excluding hydrogens is 456 g/mol. The highest BCUT2D eigenvalue weighted by Crippen LogP contribution is 2.34. The van der Waals surface area contributed by atoms with Gasteiger partial charge in [0.25, 0.3) is 5.91 Å². The van der Waals surface area contributed by atoms with Crippen LogP contribution in [0.1, 0.15) is 28.4 Å². The van der Waals surface area contributed by atoms with Crippen molar-refractivity contribution in [3.05, 3.63) is 68.9 Å². The van der Waals surface area contributed by atoms with Crippen LogP contribution in [0.25, 0.3) is 11.0 Å². The van der Waals surface area contributed by atoms with E-state index in [1.165, 1.54) is 17.0 Å². The normalized spacial score (nSPS) is 17.7. The summed E-state index contributed by atoms with van der Waals surface area (Å²) < 4.78 is 40.2. The molecule has 184 valence electrons. The number of amides is 1. The smallest absolute Gasteiger partial charge is 0.253 e. The molecule has 0 N–H and O–H groups in total. The molecule has 9 heteroatoms. The number of morpholine rings is 1. The summed E-state index contributed by atoms with van der Waals surface area (Å²) in [5.41, 5.74) is 2.00. The van der Waals surface area contributed by atoms with Gasteiger partial charge in [-0.2, -0.15) is 0 Å². The van der Waals surface area contributed by atoms with Crippen LogP contribution in [0.2, 0.25) is 0 Å². The Morgan fingerprint density at radius 2 is 1.94 bits per heavy atom. The van der Waals surface area contributed by atoms with Crippen molar-refractivity contribution in [3.63, 3.8) is 0 Å². The number of fused-ring (bicyclic) bond motifs is 2. The standard InChI is InChI=1S/C26H27F2N3O4/c1-15-13-31(6-7-34-15)24-12-23(32)20-9-16(26(33)29(2)3)8-17(25(20)35-24)14-30-5-4-19-21(28)10-18(27)11-22(19)30/h8-12,15H,4-7,13-14H2,1-3H3. The number of benzene rings is 2. The van der Waals surface area contributed by atoms with E-state index in [1.807, 2.05) is 16.7 Å². The van der Waals surface area contributed by atoms with Gasteiger partial charge in [0.05, 0.1) is 18.1 Å². The maximum Gasteiger partial charge on any atom is 0.253 e. The Kier molecular flexibility index (Phi) is 5.96. The number of hydrogen-bond donors (Lipinski definition) is 0. The number of halogens is 2. The average molecular weight is 484 g/mol. The van der Waals surface area contributed by atoms with Crippen LogP contribution in [0, 0.1) is 11.6 Å². The summed E-state index contributed by atoms with van der Waals surface area (Å²) in [6.45, 7) is 4.36. The molecule has 7 nitrogen and oxygen atoms in total. The fourth-order valence-corrected chi connectivity index (χ4v) is 4.85. The van der Waals surface area contributed by atoms with Crippen LogP contribution in [-0.4, -0.2) is 57.2 Å². The molecule has 5 rings (SSSR count). The van der Waals surface area contributed by atoms with E-state index >= 15 is 0 Å². The molecule has 0 aliphatic carbocycles. The lowest BCUT2D eigenvalue weighted by molar-refractivity contribution is 0.0517. The van der Waals surface area contributed by atoms with Crippen LogP contribution < -0.4 is 15.2 Å². The van der Waals surface area contributed by atoms with Crippen molar-refractivity contribution in [1.29, 1.82) is 0 Å². The third kappa shape index (κ3) is 4.36. The quantitative estimate of drug-likeness (QED) is 0.566. The van der Waals surface area contributed by atoms with Gasteiger partial charge in [-0.1, -0.05) is 0 Å². The van der Waals surface area contributed by atoms with Crippen molar-refractivity contribution < 1.29 is 22.7 Å². The van der Waals surface area contributed by atoms with Gasteiger partial charge in [0.2, 0.25) is 0 Å². The van der Waals surface area contributed by atoms with E-state index in [9.17, 15) is 18.4 Å². The van der Waals surface area contributed by atoms with Crippen LogP contribution in [0.4, 0.5) is 20.4 Å². The zero-order valence-corrected chi connectivity index (χ0v) is 19.9. The highest BCUT2D eigenvalue weighted by molar-refractivity contribution is 5.98. The molecule has 1 unspecified atom stereocenters. The molecule has 1 atom stereocenters. The molecule has 2 aromatic carbocycles. The van der Waals surface area contributed by atoms with Gasteiger partial charge >= 0.3 is 0 Å². The summed E-state index contributed by atoms with van der Waals surface area (Å²) in [6.07, 6.45) is 0.437. The topological polar surface area (TPSA) is 66.2 Å². The number of ether oxygens (including phenoxy) is 1. The van der Waals surface area contributed by atoms with Crippen LogP contribution in [-0.2, 0) is 17.7 Å². The van der Waals surface area contributed by atoms with Crippen LogP contribution in [0.5, 0.6) is 0 Å². The summed E-state index contributed by atoms with van der Waals surface area (Å²) in [6, 6.07) is 6.91. The fraction of sp³-hybridized carbons (Fsp3) is 0.385. The van der Waals surface area contributed by atoms with Gasteiger partial charge in [-0.05, 0) is 31.5 Å². The molecule has 2 aliphatic rings. The lowest BCUT2D eigenvalue weighted by Gasteiger charge is -2.31. The molecule has 1 saturated heterocycles. The molecule has 1 aromatic heterocycles. The summed E-state index contributed by atoms with van der Waals surface area (Å²) in [7, 11) is 3.28. The van der Waals surface area contributed by atoms with E-state index in [2.05, 4.69) is 0 Å². The van der Waals surface area contributed by atoms with Crippen LogP contribution >= 0.6 is 0 Å². The van der Waals surface area contributed by atoms with Gasteiger partial charge in [0.15, 0.2) is 11.3 Å². The van der Waals surface area contributed by atoms with Gasteiger partial charge in [-0.25, -0.2) is 8.78 Å². The van der Waals surface area contributed by atoms with E-state index in [0.717, 1.165) is 6.07 Å². The predicted molar refractivity (Wildman–Crippen MR) is 129 cm³/mol. The molecule has 2 aliphatic heterocycles. The SMILES string of the molecule is CC1CN(c2cc(=O)c3cc(C(=O)N(C)C)cc(CN4CCc5c(F)cc(F)cc54)c3o2)CCO1. The molecule has 35 heavy (non-hydrogen) atoms. The Balaban J connectivity index is 1.63. The third-order valence-electron chi connectivity index (χ3n) is 6.57. The first-order valence-electron chi connectivity index (χ1n) is 11.6. The number of rotatable bonds is 4. The Labute approximate surface area is 201 Å². The molecule has 0 bridgehead atoms. The second-order valence-electron chi connectivity index (χ2n) is 9.34. The Hall–Kier alpha value is -3.46. The van der Waals surface area contributed by atoms with E-state index in [-0.39, 0.29) is 24.0 Å². The van der Waals surface area contributed by atoms with Crippen molar-refractivity contribution >= 4 is 28.4 Å². The Morgan fingerprint density at radius 1 is 1.14 bits per heavy atom. The van der Waals surface area contributed by atoms with E-state index in [0.29, 0.717) is 71.9 Å². The number of hydrogen-bond acceptors (Lipinski definition) is 6. The van der Waals surface area contributed by atoms with Crippen LogP contribution in [0.15, 0.2) is 39.5 Å². The minimum absolute atomic E-state index is 0.00444. The van der Waals surface area contributed by atoms with E-state index < -0.39 is 11.6 Å². The Bertz CT molecular complexity index is 1370. The zero-order valence-electron chi connectivity index (χ0n) is 19.9. The molecule has 3 aromatic rings. The summed E-state index contributed by atoms with van der Waals surface area (Å²) in [4.78, 5) is 31.2. The fourth-order valence-electron chi connectivity index (χ4n) is 4.85. The van der Waals surface area contributed by atoms with Gasteiger partial charge in [0.1, 0.15) is 17.2 Å². The largest absolute Gasteiger partial charge is 0.440 e. The van der Waals surface area contributed by atoms with Gasteiger partial charge in [-0.15, -0.1) is 0 Å². The maximum atomic E-state index is 14.3. The Morgan fingerprint density at radius 3 is 2.69 bits per heavy atom. The highest BCUT2D eigenvalue weighted by atomic mass is 19.1. The van der Waals surface area contributed by atoms with Crippen molar-refractivity contribution in [2.24, 2.45) is 0 Å². The molecule has 0 spiro atoms. The van der Waals surface area contributed by atoms with Crippen molar-refractivity contribution in [2.45, 2.75) is 26.0 Å². The summed E-state index contributed by atoms with van der Waals surface area (Å²) in [5, 5.41) is 0.294. The zero-order chi connectivity index (χ0) is 24.9. The monoisotopic (exact) mass is 483 g/mol. The average Bonchev–Trinajstić information content (AvgIpc) is 3.21. The van der Waals surface area contributed by atoms with Crippen LogP contribution in [0.3, 0.4) is 0 Å². The first kappa shape index (κ1) is 23.3. The molecule has 1 fully saturated rings. The number of carbonyl (C=O) groups excluding carboxylic acids is 1. The van der Waals surface area contributed by atoms with E-state index in [1.54, 1.807) is 26.2 Å². The van der Waals surface area contributed by atoms with Crippen molar-refractivity contribution in [1.82, 2.24) is 4.90 Å². The summed E-state index contributed by atoms with van der Waals surface area (Å²) >= 11 is 0. The van der Waals surface area contributed by atoms with Crippen molar-refractivity contribution in [2.75, 3.05) is 50.1 Å². The minimum atomic E-state index is -0.648. The molecule has 1 amide bonds. The molecule has 0 radical (unpaired) electrons. The van der Waals surface area contributed by atoms with Gasteiger partial charge in [0, 0.05) is 74.8 Å². The predicted octanol–water partition coefficient (Wildman–Crippen LogP) is 3.56. The van der Waals surface area contributed by atoms with E-state index in [4.69, 9.17) is 9.15 Å². The van der Waals surface area contributed by atoms with Gasteiger partial charge < -0.3 is 23.9 Å². The summed E-state index contributed by atoms with van der Waals surface area (Å²) in [5.74, 6) is -1.04. The number of nitrogens with zero attached hydrogens (tertiary/aromatic N) is 3. The maximum absolute atomic E-state index is 14.3. The van der Waals surface area contributed by atoms with Gasteiger partial charge in [-0.3, -0.25) is 9.59 Å². The first-order valence-corrected chi connectivity index (χ1v) is 11.6. The minimum Gasteiger partial charge on any atom is -0.440 e. The highest BCUT2D eigenvalue weighted by Gasteiger charge is 2.26. The second-order valence-corrected chi connectivity index (χ2v) is 9.34. The number of carbonyl (C=O) groups is 1. The number of anilines is 2. The van der Waals surface area contributed by atoms with Crippen molar-refractivity contribution in [3.8, 4) is 0 Å². The first-order chi connectivity index (χ1) is 16.7. The lowest BCUT2D eigenvalue weighted by Crippen LogP contribution is -2.41.